The van der Waals surface area contributed by atoms with Gasteiger partial charge in [-0.15, -0.1) is 22.7 Å². The molecule has 0 bridgehead atoms. The molecule has 14 aromatic rings. The highest BCUT2D eigenvalue weighted by Crippen LogP contribution is 2.58. The van der Waals surface area contributed by atoms with E-state index in [0.29, 0.717) is 0 Å². The van der Waals surface area contributed by atoms with Gasteiger partial charge in [0.1, 0.15) is 0 Å². The van der Waals surface area contributed by atoms with E-state index in [4.69, 9.17) is 0 Å². The fraction of sp³-hybridized carbons (Fsp3) is 0.282. The fourth-order valence-corrected chi connectivity index (χ4v) is 22.6. The van der Waals surface area contributed by atoms with E-state index in [2.05, 4.69) is 383 Å². The summed E-state index contributed by atoms with van der Waals surface area (Å²) in [6, 6.07) is 88.2. The van der Waals surface area contributed by atoms with Crippen LogP contribution in [-0.4, -0.2) is 13.4 Å². The molecule has 4 aliphatic heterocycles. The monoisotopic (exact) mass is 1480 g/mol. The Labute approximate surface area is 667 Å². The number of nitrogens with zero attached hydrogens (tertiary/aromatic N) is 4. The summed E-state index contributed by atoms with van der Waals surface area (Å²) in [6.07, 6.45) is 0. The molecule has 4 nitrogen and oxygen atoms in total. The molecule has 0 radical (unpaired) electrons. The Morgan fingerprint density at radius 2 is 0.622 bits per heavy atom. The van der Waals surface area contributed by atoms with Crippen molar-refractivity contribution in [3.8, 4) is 22.3 Å². The maximum absolute atomic E-state index is 2.70. The van der Waals surface area contributed by atoms with E-state index in [-0.39, 0.29) is 57.2 Å². The Morgan fingerprint density at radius 3 is 0.964 bits per heavy atom. The van der Waals surface area contributed by atoms with Crippen LogP contribution >= 0.6 is 22.7 Å². The lowest BCUT2D eigenvalue weighted by Gasteiger charge is -2.45. The molecular formula is C103H100B2N4S2. The van der Waals surface area contributed by atoms with Gasteiger partial charge in [-0.2, -0.15) is 0 Å². The molecule has 111 heavy (non-hydrogen) atoms. The number of thiophene rings is 2. The van der Waals surface area contributed by atoms with Crippen LogP contribution in [0.2, 0.25) is 0 Å². The third-order valence-electron chi connectivity index (χ3n) is 26.3. The van der Waals surface area contributed by atoms with Crippen molar-refractivity contribution >= 4 is 167 Å². The SMILES string of the molecule is CC(C)c1cc2c3c(c1)N(c1ccc(C(C)(C)C)cc1)c1c(sc4cc5c(cc14)-c1ccccc1C5(C)C)B3c1cc3cc4c(cc3cc1N2c1ccc(C(C)(C)C)cc1)B1c2sc3cc5c(cc3c2N(c2ccc(C(C)(C)C)cc2)c2cc(C(C)(C)C)cc(c21)N4c1ccc(C(C)(C)C)cc1)-c1ccccc1C5(C)C. The number of hydrogen-bond donors (Lipinski definition) is 0. The second-order valence-electron chi connectivity index (χ2n) is 39.6. The minimum Gasteiger partial charge on any atom is -0.311 e. The summed E-state index contributed by atoms with van der Waals surface area (Å²) in [5, 5.41) is 5.09. The van der Waals surface area contributed by atoms with Gasteiger partial charge in [-0.25, -0.2) is 0 Å². The molecule has 0 fully saturated rings. The van der Waals surface area contributed by atoms with E-state index in [1.807, 2.05) is 22.7 Å². The highest BCUT2D eigenvalue weighted by molar-refractivity contribution is 7.34. The van der Waals surface area contributed by atoms with E-state index in [0.717, 1.165) is 11.4 Å². The van der Waals surface area contributed by atoms with E-state index in [1.165, 1.54) is 197 Å². The molecule has 0 saturated heterocycles. The molecule has 6 heterocycles. The van der Waals surface area contributed by atoms with Crippen LogP contribution in [0.3, 0.4) is 0 Å². The van der Waals surface area contributed by atoms with Crippen LogP contribution in [0.1, 0.15) is 207 Å². The first-order valence-electron chi connectivity index (χ1n) is 40.5. The number of hydrogen-bond acceptors (Lipinski definition) is 6. The lowest BCUT2D eigenvalue weighted by molar-refractivity contribution is 0.589. The van der Waals surface area contributed by atoms with Crippen molar-refractivity contribution in [2.75, 3.05) is 19.6 Å². The van der Waals surface area contributed by atoms with Crippen LogP contribution in [0.15, 0.2) is 218 Å². The molecule has 0 spiro atoms. The Balaban J connectivity index is 0.901. The van der Waals surface area contributed by atoms with Gasteiger partial charge in [0.25, 0.3) is 13.4 Å². The van der Waals surface area contributed by atoms with Gasteiger partial charge >= 0.3 is 0 Å². The molecule has 0 unspecified atom stereocenters. The summed E-state index contributed by atoms with van der Waals surface area (Å²) in [5.74, 6) is 0.239. The minimum atomic E-state index is -0.206. The topological polar surface area (TPSA) is 13.0 Å². The fourth-order valence-electron chi connectivity index (χ4n) is 19.9. The standard InChI is InChI=1S/C103H100B2N4S2/c1-58(2)59-48-85-91-86(49-59)108(69-42-34-64(35-43-69)99(9,10)11)93-75-54-73-71-26-22-24-28-77(71)102(18,19)79(73)56-89(75)110-95(93)104(91)81-46-61-51-84-82(47-60(61)50-83(81)106(85)67-38-30-62(31-39-67)97(3,4)5)105-92-87(107(84)68-40-32-63(33-41-68)98(6,7)8)52-66(101(15,16)17)53-88(92)109(70-44-36-65(37-45-70)100(12,13)14)94-76-55-74-72-27-23-25-29-78(72)103(20,21)80(74)57-90(76)111-96(94)105/h22-58H,1-21H3. The summed E-state index contributed by atoms with van der Waals surface area (Å²) >= 11 is 4.06. The van der Waals surface area contributed by atoms with Gasteiger partial charge in [-0.05, 0) is 253 Å². The molecule has 8 heteroatoms. The van der Waals surface area contributed by atoms with E-state index < -0.39 is 0 Å². The molecule has 550 valence electrons. The maximum atomic E-state index is 2.70. The number of anilines is 12. The van der Waals surface area contributed by atoms with Gasteiger partial charge in [-0.1, -0.05) is 255 Å². The lowest BCUT2D eigenvalue weighted by Crippen LogP contribution is -2.61. The normalized spacial score (nSPS) is 15.5. The summed E-state index contributed by atoms with van der Waals surface area (Å²) in [7, 11) is 0. The van der Waals surface area contributed by atoms with Crippen LogP contribution in [0.5, 0.6) is 0 Å². The quantitative estimate of drug-likeness (QED) is 0.159. The summed E-state index contributed by atoms with van der Waals surface area (Å²) in [5.41, 5.74) is 38.4. The average Bonchev–Trinajstić information content (AvgIpc) is 1.63. The van der Waals surface area contributed by atoms with Gasteiger partial charge in [0.2, 0.25) is 0 Å². The van der Waals surface area contributed by atoms with Gasteiger partial charge in [0.15, 0.2) is 0 Å². The maximum Gasteiger partial charge on any atom is 0.264 e. The van der Waals surface area contributed by atoms with Gasteiger partial charge < -0.3 is 19.6 Å². The van der Waals surface area contributed by atoms with Crippen molar-refractivity contribution in [1.29, 1.82) is 0 Å². The Kier molecular flexibility index (Phi) is 14.8. The zero-order valence-corrected chi connectivity index (χ0v) is 70.3. The summed E-state index contributed by atoms with van der Waals surface area (Å²) in [4.78, 5) is 10.8. The average molecular weight is 1480 g/mol. The second kappa shape index (κ2) is 23.4. The predicted molar refractivity (Wildman–Crippen MR) is 485 cm³/mol. The van der Waals surface area contributed by atoms with Crippen LogP contribution in [-0.2, 0) is 37.9 Å². The van der Waals surface area contributed by atoms with Crippen molar-refractivity contribution in [2.45, 2.75) is 189 Å². The molecule has 0 N–H and O–H groups in total. The van der Waals surface area contributed by atoms with Crippen molar-refractivity contribution in [2.24, 2.45) is 0 Å². The second-order valence-corrected chi connectivity index (χ2v) is 41.8. The molecule has 2 aliphatic carbocycles. The number of rotatable bonds is 5. The summed E-state index contributed by atoms with van der Waals surface area (Å²) < 4.78 is 5.44. The van der Waals surface area contributed by atoms with Gasteiger partial charge in [0.05, 0.1) is 11.4 Å². The van der Waals surface area contributed by atoms with Crippen molar-refractivity contribution < 1.29 is 0 Å². The third kappa shape index (κ3) is 10.3. The minimum absolute atomic E-state index is 0.0160. The molecule has 2 aromatic heterocycles. The molecule has 6 aliphatic rings. The highest BCUT2D eigenvalue weighted by atomic mass is 32.1. The van der Waals surface area contributed by atoms with Crippen molar-refractivity contribution in [1.82, 2.24) is 0 Å². The molecule has 0 saturated carbocycles. The summed E-state index contributed by atoms with van der Waals surface area (Å²) in [6.45, 7) is 49.6. The smallest absolute Gasteiger partial charge is 0.264 e. The Morgan fingerprint density at radius 1 is 0.306 bits per heavy atom. The first-order chi connectivity index (χ1) is 52.5. The van der Waals surface area contributed by atoms with Gasteiger partial charge in [-0.3, -0.25) is 0 Å². The largest absolute Gasteiger partial charge is 0.311 e. The molecular weight excluding hydrogens is 1380 g/mol. The number of fused-ring (bicyclic) bond motifs is 19. The van der Waals surface area contributed by atoms with Gasteiger partial charge in [0, 0.05) is 97.4 Å². The number of benzene rings is 12. The molecule has 20 rings (SSSR count). The zero-order valence-electron chi connectivity index (χ0n) is 68.6. The molecule has 0 amide bonds. The van der Waals surface area contributed by atoms with Crippen LogP contribution < -0.4 is 51.0 Å². The van der Waals surface area contributed by atoms with Crippen LogP contribution in [0.4, 0.5) is 68.2 Å². The predicted octanol–water partition coefficient (Wildman–Crippen LogP) is 25.7. The van der Waals surface area contributed by atoms with E-state index in [9.17, 15) is 0 Å². The first kappa shape index (κ1) is 70.3. The van der Waals surface area contributed by atoms with Crippen molar-refractivity contribution in [3.05, 3.63) is 274 Å². The lowest BCUT2D eigenvalue weighted by atomic mass is 9.35. The van der Waals surface area contributed by atoms with Crippen molar-refractivity contribution in [3.63, 3.8) is 0 Å². The first-order valence-corrected chi connectivity index (χ1v) is 42.2. The van der Waals surface area contributed by atoms with E-state index in [1.54, 1.807) is 0 Å². The third-order valence-corrected chi connectivity index (χ3v) is 28.7. The highest BCUT2D eigenvalue weighted by Gasteiger charge is 2.51. The Bertz CT molecular complexity index is 6330. The van der Waals surface area contributed by atoms with Crippen LogP contribution in [0.25, 0.3) is 53.2 Å². The van der Waals surface area contributed by atoms with E-state index >= 15 is 0 Å². The Hall–Kier alpha value is -9.85. The van der Waals surface area contributed by atoms with Crippen LogP contribution in [0, 0.1) is 0 Å². The molecule has 12 aromatic carbocycles. The molecule has 0 atom stereocenters. The zero-order chi connectivity index (χ0) is 77.4.